The van der Waals surface area contributed by atoms with Crippen molar-refractivity contribution in [2.24, 2.45) is 5.10 Å². The smallest absolute Gasteiger partial charge is 0.276 e. The third-order valence-corrected chi connectivity index (χ3v) is 3.78. The van der Waals surface area contributed by atoms with Crippen molar-refractivity contribution in [2.45, 2.75) is 0 Å². The first-order chi connectivity index (χ1) is 13.4. The molecule has 1 aliphatic rings. The predicted octanol–water partition coefficient (Wildman–Crippen LogP) is 0.503. The largest absolute Gasteiger partial charge is 0.507 e. The van der Waals surface area contributed by atoms with Crippen molar-refractivity contribution >= 4 is 34.8 Å². The van der Waals surface area contributed by atoms with E-state index in [2.05, 4.69) is 21.2 Å². The Balaban J connectivity index is 1.66. The van der Waals surface area contributed by atoms with E-state index < -0.39 is 29.2 Å². The normalized spacial score (nSPS) is 13.6. The maximum Gasteiger partial charge on any atom is 0.276 e. The minimum absolute atomic E-state index is 0.00183. The number of carbonyl (C=O) groups is 3. The van der Waals surface area contributed by atoms with Gasteiger partial charge < -0.3 is 15.7 Å². The number of carbonyl (C=O) groups excluding carboxylic acids is 3. The highest BCUT2D eigenvalue weighted by atomic mass is 16.6. The number of fused-ring (bicyclic) bond motifs is 1. The predicted molar refractivity (Wildman–Crippen MR) is 96.8 cm³/mol. The number of nitro benzene ring substituents is 1. The Labute approximate surface area is 157 Å². The van der Waals surface area contributed by atoms with E-state index in [4.69, 9.17) is 0 Å². The molecule has 0 bridgehead atoms. The first-order valence-electron chi connectivity index (χ1n) is 7.89. The van der Waals surface area contributed by atoms with Gasteiger partial charge in [0, 0.05) is 17.7 Å². The van der Waals surface area contributed by atoms with Gasteiger partial charge in [-0.1, -0.05) is 12.1 Å². The SMILES string of the molecule is O=C(CNC(=O)c1ccccc1O)N/N=C1/C(=O)Nc2ccc([N+](=O)[O-])cc21. The molecular formula is C17H13N5O6. The van der Waals surface area contributed by atoms with E-state index in [-0.39, 0.29) is 28.3 Å². The molecule has 0 saturated heterocycles. The van der Waals surface area contributed by atoms with Gasteiger partial charge in [-0.2, -0.15) is 5.10 Å². The van der Waals surface area contributed by atoms with Crippen molar-refractivity contribution < 1.29 is 24.4 Å². The molecule has 11 nitrogen and oxygen atoms in total. The Morgan fingerprint density at radius 2 is 1.96 bits per heavy atom. The zero-order valence-electron chi connectivity index (χ0n) is 14.1. The summed E-state index contributed by atoms with van der Waals surface area (Å²) in [6, 6.07) is 9.57. The van der Waals surface area contributed by atoms with Crippen LogP contribution in [0.3, 0.4) is 0 Å². The van der Waals surface area contributed by atoms with Gasteiger partial charge in [-0.15, -0.1) is 0 Å². The maximum absolute atomic E-state index is 12.0. The summed E-state index contributed by atoms with van der Waals surface area (Å²) < 4.78 is 0. The second-order valence-electron chi connectivity index (χ2n) is 5.64. The fraction of sp³-hybridized carbons (Fsp3) is 0.0588. The third-order valence-electron chi connectivity index (χ3n) is 3.78. The van der Waals surface area contributed by atoms with E-state index in [0.717, 1.165) is 6.07 Å². The summed E-state index contributed by atoms with van der Waals surface area (Å²) in [7, 11) is 0. The Morgan fingerprint density at radius 1 is 1.21 bits per heavy atom. The zero-order valence-corrected chi connectivity index (χ0v) is 14.1. The molecule has 0 aliphatic carbocycles. The molecule has 0 saturated carbocycles. The number of nitro groups is 1. The van der Waals surface area contributed by atoms with Crippen LogP contribution in [-0.4, -0.2) is 40.0 Å². The van der Waals surface area contributed by atoms with E-state index in [0.29, 0.717) is 5.69 Å². The van der Waals surface area contributed by atoms with E-state index in [1.54, 1.807) is 12.1 Å². The molecule has 2 aromatic carbocycles. The van der Waals surface area contributed by atoms with Crippen LogP contribution in [0.15, 0.2) is 47.6 Å². The van der Waals surface area contributed by atoms with Crippen molar-refractivity contribution in [3.8, 4) is 5.75 Å². The second kappa shape index (κ2) is 7.53. The number of benzene rings is 2. The molecule has 11 heteroatoms. The third kappa shape index (κ3) is 3.77. The molecule has 1 heterocycles. The van der Waals surface area contributed by atoms with Crippen molar-refractivity contribution in [3.05, 3.63) is 63.7 Å². The molecule has 28 heavy (non-hydrogen) atoms. The number of hydrazone groups is 1. The van der Waals surface area contributed by atoms with Crippen LogP contribution in [0.4, 0.5) is 11.4 Å². The summed E-state index contributed by atoms with van der Waals surface area (Å²) >= 11 is 0. The van der Waals surface area contributed by atoms with E-state index in [9.17, 15) is 29.6 Å². The number of hydrogen-bond acceptors (Lipinski definition) is 7. The lowest BCUT2D eigenvalue weighted by molar-refractivity contribution is -0.384. The van der Waals surface area contributed by atoms with Crippen molar-refractivity contribution in [1.82, 2.24) is 10.7 Å². The van der Waals surface area contributed by atoms with E-state index >= 15 is 0 Å². The van der Waals surface area contributed by atoms with Crippen LogP contribution in [0.2, 0.25) is 0 Å². The van der Waals surface area contributed by atoms with Crippen molar-refractivity contribution in [2.75, 3.05) is 11.9 Å². The number of rotatable bonds is 5. The number of amides is 3. The molecule has 142 valence electrons. The number of hydrogen-bond donors (Lipinski definition) is 4. The number of nitrogens with one attached hydrogen (secondary N) is 3. The van der Waals surface area contributed by atoms with Crippen molar-refractivity contribution in [3.63, 3.8) is 0 Å². The van der Waals surface area contributed by atoms with Crippen LogP contribution in [0.1, 0.15) is 15.9 Å². The molecule has 0 unspecified atom stereocenters. The Kier molecular flexibility index (Phi) is 4.98. The first-order valence-corrected chi connectivity index (χ1v) is 7.89. The highest BCUT2D eigenvalue weighted by molar-refractivity contribution is 6.53. The number of anilines is 1. The lowest BCUT2D eigenvalue weighted by Crippen LogP contribution is -2.35. The number of phenolic OH excluding ortho intramolecular Hbond substituents is 1. The number of phenols is 1. The Morgan fingerprint density at radius 3 is 2.68 bits per heavy atom. The fourth-order valence-electron chi connectivity index (χ4n) is 2.44. The molecule has 4 N–H and O–H groups in total. The Hall–Kier alpha value is -4.28. The summed E-state index contributed by atoms with van der Waals surface area (Å²) in [5, 5.41) is 28.9. The minimum Gasteiger partial charge on any atom is -0.507 e. The molecule has 0 atom stereocenters. The molecule has 2 aromatic rings. The van der Waals surface area contributed by atoms with Gasteiger partial charge in [0.1, 0.15) is 5.75 Å². The van der Waals surface area contributed by atoms with Crippen LogP contribution in [0.5, 0.6) is 5.75 Å². The maximum atomic E-state index is 12.0. The molecule has 3 amide bonds. The van der Waals surface area contributed by atoms with Gasteiger partial charge >= 0.3 is 0 Å². The van der Waals surface area contributed by atoms with Gasteiger partial charge in [0.2, 0.25) is 0 Å². The molecule has 0 fully saturated rings. The molecule has 3 rings (SSSR count). The zero-order chi connectivity index (χ0) is 20.3. The van der Waals surface area contributed by atoms with Crippen LogP contribution >= 0.6 is 0 Å². The summed E-state index contributed by atoms with van der Waals surface area (Å²) in [5.74, 6) is -2.26. The number of para-hydroxylation sites is 1. The average molecular weight is 383 g/mol. The average Bonchev–Trinajstić information content (AvgIpc) is 2.99. The monoisotopic (exact) mass is 383 g/mol. The highest BCUT2D eigenvalue weighted by Crippen LogP contribution is 2.27. The molecule has 1 aliphatic heterocycles. The quantitative estimate of drug-likeness (QED) is 0.434. The van der Waals surface area contributed by atoms with Crippen LogP contribution in [0, 0.1) is 10.1 Å². The van der Waals surface area contributed by atoms with Crippen molar-refractivity contribution in [1.29, 1.82) is 0 Å². The molecule has 0 radical (unpaired) electrons. The second-order valence-corrected chi connectivity index (χ2v) is 5.64. The van der Waals surface area contributed by atoms with Gasteiger partial charge in [-0.05, 0) is 18.2 Å². The Bertz CT molecular complexity index is 1030. The summed E-state index contributed by atoms with van der Waals surface area (Å²) in [4.78, 5) is 46.0. The van der Waals surface area contributed by atoms with Gasteiger partial charge in [-0.3, -0.25) is 24.5 Å². The fourth-order valence-corrected chi connectivity index (χ4v) is 2.44. The van der Waals surface area contributed by atoms with E-state index in [1.165, 1.54) is 24.3 Å². The topological polar surface area (TPSA) is 163 Å². The van der Waals surface area contributed by atoms with Crippen LogP contribution < -0.4 is 16.1 Å². The minimum atomic E-state index is -0.733. The van der Waals surface area contributed by atoms with E-state index in [1.807, 2.05) is 0 Å². The van der Waals surface area contributed by atoms with Gasteiger partial charge in [0.25, 0.3) is 23.4 Å². The summed E-state index contributed by atoms with van der Waals surface area (Å²) in [6.07, 6.45) is 0. The summed E-state index contributed by atoms with van der Waals surface area (Å²) in [6.45, 7) is -0.465. The summed E-state index contributed by atoms with van der Waals surface area (Å²) in [5.41, 5.74) is 2.19. The van der Waals surface area contributed by atoms with Gasteiger partial charge in [0.05, 0.1) is 22.7 Å². The number of nitrogens with zero attached hydrogens (tertiary/aromatic N) is 2. The standard InChI is InChI=1S/C17H13N5O6/c23-13-4-2-1-3-10(13)16(25)18-8-14(24)20-21-15-11-7-9(22(27)28)5-6-12(11)19-17(15)26/h1-7,23H,8H2,(H,18,25)(H,20,24)(H,19,21,26). The lowest BCUT2D eigenvalue weighted by Gasteiger charge is -2.06. The first kappa shape index (κ1) is 18.5. The van der Waals surface area contributed by atoms with Gasteiger partial charge in [0.15, 0.2) is 5.71 Å². The molecule has 0 aromatic heterocycles. The number of non-ortho nitro benzene ring substituents is 1. The van der Waals surface area contributed by atoms with Crippen LogP contribution in [0.25, 0.3) is 0 Å². The number of aromatic hydroxyl groups is 1. The lowest BCUT2D eigenvalue weighted by atomic mass is 10.1. The van der Waals surface area contributed by atoms with Crippen LogP contribution in [-0.2, 0) is 9.59 Å². The van der Waals surface area contributed by atoms with Gasteiger partial charge in [-0.25, -0.2) is 5.43 Å². The molecule has 0 spiro atoms. The highest BCUT2D eigenvalue weighted by Gasteiger charge is 2.28. The molecular weight excluding hydrogens is 370 g/mol.